The molecule has 2 rings (SSSR count). The van der Waals surface area contributed by atoms with Crippen LogP contribution < -0.4 is 0 Å². The molecule has 0 spiro atoms. The van der Waals surface area contributed by atoms with E-state index < -0.39 is 0 Å². The highest BCUT2D eigenvalue weighted by molar-refractivity contribution is 7.81. The highest BCUT2D eigenvalue weighted by atomic mass is 32.1. The van der Waals surface area contributed by atoms with E-state index in [1.165, 1.54) is 25.7 Å². The monoisotopic (exact) mass is 241 g/mol. The summed E-state index contributed by atoms with van der Waals surface area (Å²) in [5.74, 6) is 2.00. The van der Waals surface area contributed by atoms with Crippen molar-refractivity contribution in [2.24, 2.45) is 11.8 Å². The largest absolute Gasteiger partial charge is 0.339 e. The van der Waals surface area contributed by atoms with Crippen molar-refractivity contribution in [3.8, 4) is 0 Å². The van der Waals surface area contributed by atoms with E-state index >= 15 is 0 Å². The Balaban J connectivity index is 1.87. The van der Waals surface area contributed by atoms with E-state index in [9.17, 15) is 4.79 Å². The zero-order valence-electron chi connectivity index (χ0n) is 10.4. The summed E-state index contributed by atoms with van der Waals surface area (Å²) in [4.78, 5) is 13.9. The molecule has 1 aliphatic heterocycles. The molecule has 0 aromatic rings. The van der Waals surface area contributed by atoms with Gasteiger partial charge < -0.3 is 4.90 Å². The van der Waals surface area contributed by atoms with Crippen molar-refractivity contribution >= 4 is 18.5 Å². The number of amides is 1. The van der Waals surface area contributed by atoms with Crippen LogP contribution in [-0.2, 0) is 4.79 Å². The Morgan fingerprint density at radius 1 is 1.25 bits per heavy atom. The molecule has 0 N–H and O–H groups in total. The first-order valence-corrected chi connectivity index (χ1v) is 7.07. The zero-order valence-corrected chi connectivity index (χ0v) is 11.2. The predicted octanol–water partition coefficient (Wildman–Crippen LogP) is 2.73. The Labute approximate surface area is 104 Å². The molecule has 2 nitrogen and oxygen atoms in total. The number of hydrogen-bond donors (Lipinski definition) is 1. The Hall–Kier alpha value is -0.180. The third-order valence-electron chi connectivity index (χ3n) is 4.26. The third kappa shape index (κ3) is 2.55. The summed E-state index contributed by atoms with van der Waals surface area (Å²) in [6.45, 7) is 5.50. The molecule has 1 aliphatic carbocycles. The molecule has 1 saturated heterocycles. The summed E-state index contributed by atoms with van der Waals surface area (Å²) < 4.78 is 0. The van der Waals surface area contributed by atoms with Gasteiger partial charge in [-0.1, -0.05) is 13.8 Å². The van der Waals surface area contributed by atoms with Crippen LogP contribution >= 0.6 is 12.6 Å². The van der Waals surface area contributed by atoms with Crippen molar-refractivity contribution in [1.29, 1.82) is 0 Å². The fraction of sp³-hybridized carbons (Fsp3) is 0.923. The standard InChI is InChI=1S/C13H23NOS/c1-9(2)10-3-5-11(6-4-10)14-8-12(16)7-13(14)15/h9-12,16H,3-8H2,1-2H3. The Kier molecular flexibility index (Phi) is 3.83. The van der Waals surface area contributed by atoms with Gasteiger partial charge in [0.25, 0.3) is 0 Å². The lowest BCUT2D eigenvalue weighted by Crippen LogP contribution is -2.39. The number of nitrogens with zero attached hydrogens (tertiary/aromatic N) is 1. The summed E-state index contributed by atoms with van der Waals surface area (Å²) >= 11 is 4.42. The van der Waals surface area contributed by atoms with Crippen LogP contribution in [0.1, 0.15) is 46.0 Å². The molecule has 0 aromatic heterocycles. The van der Waals surface area contributed by atoms with E-state index in [2.05, 4.69) is 31.4 Å². The number of carbonyl (C=O) groups excluding carboxylic acids is 1. The molecule has 1 saturated carbocycles. The predicted molar refractivity (Wildman–Crippen MR) is 69.7 cm³/mol. The summed E-state index contributed by atoms with van der Waals surface area (Å²) in [5.41, 5.74) is 0. The molecule has 1 amide bonds. The number of hydrogen-bond acceptors (Lipinski definition) is 2. The minimum Gasteiger partial charge on any atom is -0.339 e. The lowest BCUT2D eigenvalue weighted by molar-refractivity contribution is -0.130. The molecule has 1 atom stereocenters. The Bertz CT molecular complexity index is 259. The number of likely N-dealkylation sites (tertiary alicyclic amines) is 1. The average molecular weight is 241 g/mol. The van der Waals surface area contributed by atoms with E-state index in [1.54, 1.807) is 0 Å². The van der Waals surface area contributed by atoms with Crippen molar-refractivity contribution in [2.45, 2.75) is 57.2 Å². The van der Waals surface area contributed by atoms with Gasteiger partial charge in [0, 0.05) is 24.3 Å². The van der Waals surface area contributed by atoms with Gasteiger partial charge in [-0.2, -0.15) is 12.6 Å². The van der Waals surface area contributed by atoms with Gasteiger partial charge in [-0.15, -0.1) is 0 Å². The van der Waals surface area contributed by atoms with E-state index in [1.807, 2.05) is 0 Å². The second-order valence-corrected chi connectivity index (χ2v) is 6.45. The lowest BCUT2D eigenvalue weighted by atomic mass is 9.79. The molecule has 1 unspecified atom stereocenters. The normalized spacial score (nSPS) is 36.1. The lowest BCUT2D eigenvalue weighted by Gasteiger charge is -2.36. The van der Waals surface area contributed by atoms with Crippen molar-refractivity contribution in [2.75, 3.05) is 6.54 Å². The molecule has 0 aromatic carbocycles. The van der Waals surface area contributed by atoms with E-state index in [0.29, 0.717) is 18.4 Å². The topological polar surface area (TPSA) is 20.3 Å². The van der Waals surface area contributed by atoms with Gasteiger partial charge in [0.05, 0.1) is 0 Å². The highest BCUT2D eigenvalue weighted by Gasteiger charge is 2.35. The van der Waals surface area contributed by atoms with Crippen LogP contribution in [0.2, 0.25) is 0 Å². The van der Waals surface area contributed by atoms with Crippen molar-refractivity contribution in [3.05, 3.63) is 0 Å². The van der Waals surface area contributed by atoms with Crippen LogP contribution in [0.15, 0.2) is 0 Å². The quantitative estimate of drug-likeness (QED) is 0.737. The fourth-order valence-corrected chi connectivity index (χ4v) is 3.48. The molecule has 0 radical (unpaired) electrons. The van der Waals surface area contributed by atoms with Gasteiger partial charge in [-0.05, 0) is 37.5 Å². The van der Waals surface area contributed by atoms with Crippen LogP contribution in [0.4, 0.5) is 0 Å². The second-order valence-electron chi connectivity index (χ2n) is 5.72. The van der Waals surface area contributed by atoms with Crippen LogP contribution in [0.25, 0.3) is 0 Å². The summed E-state index contributed by atoms with van der Waals surface area (Å²) in [5, 5.41) is 0.273. The first-order chi connectivity index (χ1) is 7.58. The van der Waals surface area contributed by atoms with Crippen LogP contribution in [0.3, 0.4) is 0 Å². The van der Waals surface area contributed by atoms with Gasteiger partial charge in [0.2, 0.25) is 5.91 Å². The summed E-state index contributed by atoms with van der Waals surface area (Å²) in [6, 6.07) is 0.514. The van der Waals surface area contributed by atoms with Crippen LogP contribution in [0.5, 0.6) is 0 Å². The molecule has 3 heteroatoms. The first-order valence-electron chi connectivity index (χ1n) is 6.55. The van der Waals surface area contributed by atoms with E-state index in [0.717, 1.165) is 18.4 Å². The fourth-order valence-electron chi connectivity index (χ4n) is 3.14. The smallest absolute Gasteiger partial charge is 0.224 e. The number of thiol groups is 1. The van der Waals surface area contributed by atoms with Crippen molar-refractivity contribution < 1.29 is 4.79 Å². The van der Waals surface area contributed by atoms with Gasteiger partial charge in [0.1, 0.15) is 0 Å². The van der Waals surface area contributed by atoms with Gasteiger partial charge in [0.15, 0.2) is 0 Å². The van der Waals surface area contributed by atoms with Crippen LogP contribution in [-0.4, -0.2) is 28.6 Å². The molecular weight excluding hydrogens is 218 g/mol. The molecule has 92 valence electrons. The molecule has 1 heterocycles. The number of carbonyl (C=O) groups is 1. The molecule has 0 bridgehead atoms. The highest BCUT2D eigenvalue weighted by Crippen LogP contribution is 2.34. The van der Waals surface area contributed by atoms with Crippen LogP contribution in [0, 0.1) is 11.8 Å². The molecule has 2 fully saturated rings. The maximum absolute atomic E-state index is 11.8. The summed E-state index contributed by atoms with van der Waals surface area (Å²) in [6.07, 6.45) is 5.64. The van der Waals surface area contributed by atoms with Gasteiger partial charge in [-0.3, -0.25) is 4.79 Å². The maximum atomic E-state index is 11.8. The van der Waals surface area contributed by atoms with E-state index in [-0.39, 0.29) is 5.25 Å². The van der Waals surface area contributed by atoms with Crippen molar-refractivity contribution in [3.63, 3.8) is 0 Å². The zero-order chi connectivity index (χ0) is 11.7. The van der Waals surface area contributed by atoms with E-state index in [4.69, 9.17) is 0 Å². The summed E-state index contributed by atoms with van der Waals surface area (Å²) in [7, 11) is 0. The molecular formula is C13H23NOS. The minimum atomic E-state index is 0.273. The Morgan fingerprint density at radius 3 is 2.31 bits per heavy atom. The third-order valence-corrected chi connectivity index (χ3v) is 4.61. The SMILES string of the molecule is CC(C)C1CCC(N2CC(S)CC2=O)CC1. The first kappa shape index (κ1) is 12.3. The maximum Gasteiger partial charge on any atom is 0.224 e. The van der Waals surface area contributed by atoms with Gasteiger partial charge in [-0.25, -0.2) is 0 Å². The molecule has 16 heavy (non-hydrogen) atoms. The number of rotatable bonds is 2. The minimum absolute atomic E-state index is 0.273. The Morgan fingerprint density at radius 2 is 1.88 bits per heavy atom. The van der Waals surface area contributed by atoms with Gasteiger partial charge >= 0.3 is 0 Å². The second kappa shape index (κ2) is 4.99. The molecule has 2 aliphatic rings. The average Bonchev–Trinajstić information content (AvgIpc) is 2.58. The van der Waals surface area contributed by atoms with Crippen molar-refractivity contribution in [1.82, 2.24) is 4.90 Å².